The fraction of sp³-hybridized carbons (Fsp3) is 0.583. The maximum Gasteiger partial charge on any atom is 0.0569 e. The number of unbranched alkanes of at least 4 members (excludes halogenated alkanes) is 1. The first-order chi connectivity index (χ1) is 6.27. The van der Waals surface area contributed by atoms with Crippen molar-refractivity contribution in [2.24, 2.45) is 4.99 Å². The second-order valence-corrected chi connectivity index (χ2v) is 3.26. The van der Waals surface area contributed by atoms with Gasteiger partial charge in [-0.05, 0) is 26.7 Å². The third kappa shape index (κ3) is 11.1. The summed E-state index contributed by atoms with van der Waals surface area (Å²) >= 11 is 0. The van der Waals surface area contributed by atoms with Crippen molar-refractivity contribution in [3.63, 3.8) is 0 Å². The van der Waals surface area contributed by atoms with E-state index in [1.54, 1.807) is 0 Å². The third-order valence-electron chi connectivity index (χ3n) is 1.57. The normalized spacial score (nSPS) is 11.3. The number of nitrogens with zero attached hydrogens (tertiary/aromatic N) is 1. The van der Waals surface area contributed by atoms with Gasteiger partial charge in [0.15, 0.2) is 0 Å². The van der Waals surface area contributed by atoms with Gasteiger partial charge in [-0.2, -0.15) is 0 Å². The monoisotopic (exact) mass is 179 g/mol. The number of hydrogen-bond donors (Lipinski definition) is 0. The Balaban J connectivity index is 3.37. The molecule has 0 fully saturated rings. The summed E-state index contributed by atoms with van der Waals surface area (Å²) in [6.45, 7) is 7.06. The highest BCUT2D eigenvalue weighted by Crippen LogP contribution is 1.92. The van der Waals surface area contributed by atoms with Gasteiger partial charge < -0.3 is 0 Å². The van der Waals surface area contributed by atoms with Gasteiger partial charge in [-0.3, -0.25) is 4.99 Å². The maximum atomic E-state index is 4.26. The standard InChI is InChI=1S/C12H21N/c1-4-5-6-7-8-9-10-11-13-12(2)3/h6-7,9-10H,4-5,8,11H2,1-3H3/b7-6+,10-9+. The second kappa shape index (κ2) is 9.24. The Labute approximate surface area is 82.3 Å². The predicted octanol–water partition coefficient (Wildman–Crippen LogP) is 3.77. The summed E-state index contributed by atoms with van der Waals surface area (Å²) in [5.41, 5.74) is 1.14. The number of hydrogen-bond acceptors (Lipinski definition) is 1. The molecular formula is C12H21N. The Hall–Kier alpha value is -0.850. The lowest BCUT2D eigenvalue weighted by atomic mass is 10.3. The molecule has 1 nitrogen and oxygen atoms in total. The van der Waals surface area contributed by atoms with E-state index in [0.29, 0.717) is 0 Å². The molecule has 13 heavy (non-hydrogen) atoms. The highest BCUT2D eigenvalue weighted by atomic mass is 14.7. The average Bonchev–Trinajstić information content (AvgIpc) is 2.09. The Kier molecular flexibility index (Phi) is 8.64. The van der Waals surface area contributed by atoms with Crippen LogP contribution in [0.4, 0.5) is 0 Å². The highest BCUT2D eigenvalue weighted by molar-refractivity contribution is 5.79. The third-order valence-corrected chi connectivity index (χ3v) is 1.57. The van der Waals surface area contributed by atoms with E-state index in [0.717, 1.165) is 18.7 Å². The van der Waals surface area contributed by atoms with Crippen LogP contribution in [0.25, 0.3) is 0 Å². The number of aliphatic imine (C=N–C) groups is 1. The Morgan fingerprint density at radius 2 is 1.77 bits per heavy atom. The van der Waals surface area contributed by atoms with Crippen molar-refractivity contribution in [3.8, 4) is 0 Å². The lowest BCUT2D eigenvalue weighted by Gasteiger charge is -1.87. The molecule has 0 spiro atoms. The zero-order valence-electron chi connectivity index (χ0n) is 9.09. The van der Waals surface area contributed by atoms with Gasteiger partial charge in [-0.25, -0.2) is 0 Å². The number of rotatable bonds is 6. The van der Waals surface area contributed by atoms with E-state index < -0.39 is 0 Å². The predicted molar refractivity (Wildman–Crippen MR) is 61.5 cm³/mol. The summed E-state index contributed by atoms with van der Waals surface area (Å²) < 4.78 is 0. The summed E-state index contributed by atoms with van der Waals surface area (Å²) in [5.74, 6) is 0. The fourth-order valence-electron chi connectivity index (χ4n) is 0.865. The van der Waals surface area contributed by atoms with E-state index in [1.165, 1.54) is 12.8 Å². The largest absolute Gasteiger partial charge is 0.291 e. The van der Waals surface area contributed by atoms with Crippen LogP contribution in [0.15, 0.2) is 29.3 Å². The minimum Gasteiger partial charge on any atom is -0.291 e. The van der Waals surface area contributed by atoms with E-state index >= 15 is 0 Å². The summed E-state index contributed by atoms with van der Waals surface area (Å²) in [6.07, 6.45) is 12.2. The molecule has 0 aliphatic rings. The molecule has 0 atom stereocenters. The van der Waals surface area contributed by atoms with Gasteiger partial charge in [0.2, 0.25) is 0 Å². The molecule has 0 rings (SSSR count). The van der Waals surface area contributed by atoms with Crippen molar-refractivity contribution < 1.29 is 0 Å². The molecule has 0 saturated carbocycles. The molecule has 0 radical (unpaired) electrons. The molecular weight excluding hydrogens is 158 g/mol. The number of allylic oxidation sites excluding steroid dienone is 3. The van der Waals surface area contributed by atoms with Crippen molar-refractivity contribution in [3.05, 3.63) is 24.3 Å². The van der Waals surface area contributed by atoms with Crippen LogP contribution in [0.1, 0.15) is 40.0 Å². The molecule has 0 N–H and O–H groups in total. The maximum absolute atomic E-state index is 4.26. The SMILES string of the molecule is CCC/C=C/C/C=C/CN=C(C)C. The van der Waals surface area contributed by atoms with Crippen molar-refractivity contribution in [1.29, 1.82) is 0 Å². The Morgan fingerprint density at radius 3 is 2.38 bits per heavy atom. The van der Waals surface area contributed by atoms with E-state index in [1.807, 2.05) is 13.8 Å². The van der Waals surface area contributed by atoms with Crippen LogP contribution in [0.5, 0.6) is 0 Å². The molecule has 74 valence electrons. The minimum atomic E-state index is 0.823. The summed E-state index contributed by atoms with van der Waals surface area (Å²) in [5, 5.41) is 0. The van der Waals surface area contributed by atoms with Gasteiger partial charge in [0.25, 0.3) is 0 Å². The molecule has 0 aliphatic heterocycles. The lowest BCUT2D eigenvalue weighted by molar-refractivity contribution is 0.954. The second-order valence-electron chi connectivity index (χ2n) is 3.26. The van der Waals surface area contributed by atoms with E-state index in [9.17, 15) is 0 Å². The van der Waals surface area contributed by atoms with Gasteiger partial charge in [-0.15, -0.1) is 0 Å². The zero-order valence-corrected chi connectivity index (χ0v) is 9.09. The van der Waals surface area contributed by atoms with Crippen LogP contribution < -0.4 is 0 Å². The first-order valence-electron chi connectivity index (χ1n) is 5.05. The van der Waals surface area contributed by atoms with Crippen molar-refractivity contribution in [2.45, 2.75) is 40.0 Å². The molecule has 1 heteroatoms. The van der Waals surface area contributed by atoms with E-state index in [2.05, 4.69) is 36.2 Å². The summed E-state index contributed by atoms with van der Waals surface area (Å²) in [6, 6.07) is 0. The molecule has 0 amide bonds. The molecule has 0 bridgehead atoms. The highest BCUT2D eigenvalue weighted by Gasteiger charge is 1.75. The van der Waals surface area contributed by atoms with Crippen molar-refractivity contribution in [1.82, 2.24) is 0 Å². The minimum absolute atomic E-state index is 0.823. The lowest BCUT2D eigenvalue weighted by Crippen LogP contribution is -1.81. The van der Waals surface area contributed by atoms with Gasteiger partial charge in [-0.1, -0.05) is 37.6 Å². The summed E-state index contributed by atoms with van der Waals surface area (Å²) in [7, 11) is 0. The van der Waals surface area contributed by atoms with Crippen LogP contribution in [0.3, 0.4) is 0 Å². The zero-order chi connectivity index (χ0) is 9.94. The van der Waals surface area contributed by atoms with Crippen LogP contribution in [-0.2, 0) is 0 Å². The average molecular weight is 179 g/mol. The fourth-order valence-corrected chi connectivity index (χ4v) is 0.865. The van der Waals surface area contributed by atoms with Crippen LogP contribution in [0, 0.1) is 0 Å². The smallest absolute Gasteiger partial charge is 0.0569 e. The van der Waals surface area contributed by atoms with Gasteiger partial charge >= 0.3 is 0 Å². The van der Waals surface area contributed by atoms with Crippen LogP contribution in [0.2, 0.25) is 0 Å². The first kappa shape index (κ1) is 12.2. The molecule has 0 aromatic heterocycles. The molecule has 0 aromatic rings. The van der Waals surface area contributed by atoms with Crippen LogP contribution in [-0.4, -0.2) is 12.3 Å². The topological polar surface area (TPSA) is 12.4 Å². The molecule has 0 aromatic carbocycles. The first-order valence-corrected chi connectivity index (χ1v) is 5.05. The van der Waals surface area contributed by atoms with Gasteiger partial charge in [0, 0.05) is 5.71 Å². The Morgan fingerprint density at radius 1 is 1.08 bits per heavy atom. The van der Waals surface area contributed by atoms with Gasteiger partial charge in [0.1, 0.15) is 0 Å². The molecule has 0 heterocycles. The molecule has 0 unspecified atom stereocenters. The Bertz CT molecular complexity index is 183. The molecule has 0 aliphatic carbocycles. The molecule has 0 saturated heterocycles. The van der Waals surface area contributed by atoms with E-state index in [4.69, 9.17) is 0 Å². The quantitative estimate of drug-likeness (QED) is 0.435. The van der Waals surface area contributed by atoms with E-state index in [-0.39, 0.29) is 0 Å². The van der Waals surface area contributed by atoms with Gasteiger partial charge in [0.05, 0.1) is 6.54 Å². The van der Waals surface area contributed by atoms with Crippen molar-refractivity contribution in [2.75, 3.05) is 6.54 Å². The van der Waals surface area contributed by atoms with Crippen LogP contribution >= 0.6 is 0 Å². The summed E-state index contributed by atoms with van der Waals surface area (Å²) in [4.78, 5) is 4.26. The van der Waals surface area contributed by atoms with Crippen molar-refractivity contribution >= 4 is 5.71 Å².